The van der Waals surface area contributed by atoms with Gasteiger partial charge >= 0.3 is 0 Å². The molecule has 19 heavy (non-hydrogen) atoms. The molecule has 0 fully saturated rings. The molecular weight excluding hydrogens is 240 g/mol. The van der Waals surface area contributed by atoms with Gasteiger partial charge < -0.3 is 15.3 Å². The van der Waals surface area contributed by atoms with Crippen LogP contribution in [0.2, 0.25) is 0 Å². The third-order valence-corrected chi connectivity index (χ3v) is 3.25. The summed E-state index contributed by atoms with van der Waals surface area (Å²) in [4.78, 5) is 0. The number of rotatable bonds is 4. The van der Waals surface area contributed by atoms with Crippen molar-refractivity contribution in [2.75, 3.05) is 0 Å². The molecule has 0 spiro atoms. The minimum absolute atomic E-state index is 0.182. The van der Waals surface area contributed by atoms with E-state index in [2.05, 4.69) is 0 Å². The molecule has 2 aromatic carbocycles. The van der Waals surface area contributed by atoms with Crippen LogP contribution >= 0.6 is 0 Å². The fraction of sp³-hybridized carbons (Fsp3) is 0.250. The van der Waals surface area contributed by atoms with Crippen LogP contribution in [0.4, 0.5) is 0 Å². The van der Waals surface area contributed by atoms with E-state index >= 15 is 0 Å². The van der Waals surface area contributed by atoms with Crippen LogP contribution in [0.25, 0.3) is 0 Å². The number of phenolic OH excluding ortho intramolecular Hbond substituents is 1. The smallest absolute Gasteiger partial charge is 0.115 e. The van der Waals surface area contributed by atoms with Gasteiger partial charge in [-0.2, -0.15) is 0 Å². The fourth-order valence-corrected chi connectivity index (χ4v) is 2.21. The van der Waals surface area contributed by atoms with Crippen molar-refractivity contribution in [1.29, 1.82) is 0 Å². The predicted molar refractivity (Wildman–Crippen MR) is 74.1 cm³/mol. The highest BCUT2D eigenvalue weighted by molar-refractivity contribution is 5.36. The Morgan fingerprint density at radius 2 is 1.32 bits per heavy atom. The summed E-state index contributed by atoms with van der Waals surface area (Å²) in [7, 11) is 0. The molecule has 2 rings (SSSR count). The van der Waals surface area contributed by atoms with Gasteiger partial charge in [0.25, 0.3) is 0 Å². The van der Waals surface area contributed by atoms with E-state index in [0.29, 0.717) is 0 Å². The van der Waals surface area contributed by atoms with Crippen LogP contribution in [0.15, 0.2) is 54.6 Å². The molecule has 100 valence electrons. The highest BCUT2D eigenvalue weighted by Gasteiger charge is 2.26. The van der Waals surface area contributed by atoms with Gasteiger partial charge in [-0.05, 0) is 30.2 Å². The van der Waals surface area contributed by atoms with Crippen LogP contribution in [0.3, 0.4) is 0 Å². The lowest BCUT2D eigenvalue weighted by atomic mass is 9.84. The zero-order valence-electron chi connectivity index (χ0n) is 10.8. The molecule has 3 unspecified atom stereocenters. The van der Waals surface area contributed by atoms with E-state index in [1.165, 1.54) is 0 Å². The monoisotopic (exact) mass is 258 g/mol. The average molecular weight is 258 g/mol. The second-order valence-corrected chi connectivity index (χ2v) is 4.71. The first-order valence-corrected chi connectivity index (χ1v) is 6.29. The minimum Gasteiger partial charge on any atom is -0.508 e. The van der Waals surface area contributed by atoms with E-state index in [-0.39, 0.29) is 11.7 Å². The van der Waals surface area contributed by atoms with E-state index in [1.54, 1.807) is 31.2 Å². The Labute approximate surface area is 112 Å². The van der Waals surface area contributed by atoms with Crippen molar-refractivity contribution in [2.45, 2.75) is 25.0 Å². The van der Waals surface area contributed by atoms with Crippen molar-refractivity contribution < 1.29 is 15.3 Å². The third kappa shape index (κ3) is 3.13. The largest absolute Gasteiger partial charge is 0.508 e. The molecule has 3 nitrogen and oxygen atoms in total. The number of hydrogen-bond acceptors (Lipinski definition) is 3. The molecule has 0 aromatic heterocycles. The molecule has 2 aromatic rings. The molecule has 0 aliphatic heterocycles. The highest BCUT2D eigenvalue weighted by atomic mass is 16.3. The predicted octanol–water partition coefficient (Wildman–Crippen LogP) is 2.27. The number of hydrogen-bond donors (Lipinski definition) is 3. The summed E-state index contributed by atoms with van der Waals surface area (Å²) in [5.74, 6) is -0.135. The molecule has 0 radical (unpaired) electrons. The van der Waals surface area contributed by atoms with Crippen molar-refractivity contribution in [2.24, 2.45) is 0 Å². The summed E-state index contributed by atoms with van der Waals surface area (Å²) in [5, 5.41) is 29.3. The number of aromatic hydroxyl groups is 1. The molecule has 0 heterocycles. The van der Waals surface area contributed by atoms with Gasteiger partial charge in [-0.3, -0.25) is 0 Å². The molecule has 3 heteroatoms. The molecule has 3 atom stereocenters. The van der Waals surface area contributed by atoms with E-state index in [0.717, 1.165) is 11.1 Å². The zero-order valence-corrected chi connectivity index (χ0v) is 10.8. The van der Waals surface area contributed by atoms with Crippen molar-refractivity contribution in [1.82, 2.24) is 0 Å². The average Bonchev–Trinajstić information content (AvgIpc) is 2.42. The lowest BCUT2D eigenvalue weighted by molar-refractivity contribution is 0.0212. The topological polar surface area (TPSA) is 60.7 Å². The summed E-state index contributed by atoms with van der Waals surface area (Å²) < 4.78 is 0. The van der Waals surface area contributed by atoms with Crippen LogP contribution in [-0.4, -0.2) is 27.5 Å². The van der Waals surface area contributed by atoms with Crippen molar-refractivity contribution >= 4 is 0 Å². The van der Waals surface area contributed by atoms with Crippen LogP contribution in [0.5, 0.6) is 5.75 Å². The van der Waals surface area contributed by atoms with E-state index in [1.807, 2.05) is 30.3 Å². The molecule has 0 bridgehead atoms. The van der Waals surface area contributed by atoms with Gasteiger partial charge in [0.15, 0.2) is 0 Å². The number of phenols is 1. The molecular formula is C16H18O3. The minimum atomic E-state index is -0.896. The summed E-state index contributed by atoms with van der Waals surface area (Å²) >= 11 is 0. The SMILES string of the molecule is CC(O)C(O)C(c1ccccc1)c1ccc(O)cc1. The Kier molecular flexibility index (Phi) is 4.20. The fourth-order valence-electron chi connectivity index (χ4n) is 2.21. The second kappa shape index (κ2) is 5.87. The molecule has 0 saturated carbocycles. The Hall–Kier alpha value is -1.84. The third-order valence-electron chi connectivity index (χ3n) is 3.25. The normalized spacial score (nSPS) is 15.7. The van der Waals surface area contributed by atoms with Gasteiger partial charge in [-0.1, -0.05) is 42.5 Å². The first kappa shape index (κ1) is 13.6. The standard InChI is InChI=1S/C16H18O3/c1-11(17)16(19)15(12-5-3-2-4-6-12)13-7-9-14(18)10-8-13/h2-11,15-19H,1H3. The summed E-state index contributed by atoms with van der Waals surface area (Å²) in [5.41, 5.74) is 1.79. The molecule has 3 N–H and O–H groups in total. The Bertz CT molecular complexity index is 505. The Morgan fingerprint density at radius 1 is 0.789 bits per heavy atom. The Morgan fingerprint density at radius 3 is 1.84 bits per heavy atom. The summed E-state index contributed by atoms with van der Waals surface area (Å²) in [6.07, 6.45) is -1.73. The second-order valence-electron chi connectivity index (χ2n) is 4.71. The maximum absolute atomic E-state index is 10.2. The summed E-state index contributed by atoms with van der Waals surface area (Å²) in [6, 6.07) is 16.2. The van der Waals surface area contributed by atoms with Gasteiger partial charge in [0.2, 0.25) is 0 Å². The zero-order chi connectivity index (χ0) is 13.8. The quantitative estimate of drug-likeness (QED) is 0.788. The van der Waals surface area contributed by atoms with Crippen molar-refractivity contribution in [3.05, 3.63) is 65.7 Å². The van der Waals surface area contributed by atoms with Crippen LogP contribution in [-0.2, 0) is 0 Å². The highest BCUT2D eigenvalue weighted by Crippen LogP contribution is 2.30. The lowest BCUT2D eigenvalue weighted by Gasteiger charge is -2.26. The van der Waals surface area contributed by atoms with Crippen LogP contribution in [0.1, 0.15) is 24.0 Å². The summed E-state index contributed by atoms with van der Waals surface area (Å²) in [6.45, 7) is 1.57. The van der Waals surface area contributed by atoms with Gasteiger partial charge in [0.1, 0.15) is 5.75 Å². The number of aliphatic hydroxyl groups excluding tert-OH is 2. The van der Waals surface area contributed by atoms with E-state index < -0.39 is 12.2 Å². The maximum Gasteiger partial charge on any atom is 0.115 e. The van der Waals surface area contributed by atoms with Crippen LogP contribution < -0.4 is 0 Å². The maximum atomic E-state index is 10.2. The van der Waals surface area contributed by atoms with E-state index in [9.17, 15) is 15.3 Å². The number of benzene rings is 2. The first-order chi connectivity index (χ1) is 9.09. The van der Waals surface area contributed by atoms with Crippen molar-refractivity contribution in [3.63, 3.8) is 0 Å². The first-order valence-electron chi connectivity index (χ1n) is 6.29. The molecule has 0 amide bonds. The van der Waals surface area contributed by atoms with Gasteiger partial charge in [-0.15, -0.1) is 0 Å². The van der Waals surface area contributed by atoms with Gasteiger partial charge in [0.05, 0.1) is 12.2 Å². The van der Waals surface area contributed by atoms with Gasteiger partial charge in [-0.25, -0.2) is 0 Å². The van der Waals surface area contributed by atoms with Crippen LogP contribution in [0, 0.1) is 0 Å². The molecule has 0 aliphatic rings. The lowest BCUT2D eigenvalue weighted by Crippen LogP contribution is -2.30. The van der Waals surface area contributed by atoms with E-state index in [4.69, 9.17) is 0 Å². The molecule has 0 saturated heterocycles. The Balaban J connectivity index is 2.43. The van der Waals surface area contributed by atoms with Gasteiger partial charge in [0, 0.05) is 5.92 Å². The number of aliphatic hydroxyl groups is 2. The molecule has 0 aliphatic carbocycles. The van der Waals surface area contributed by atoms with Crippen molar-refractivity contribution in [3.8, 4) is 5.75 Å².